The molecule has 3 heteroatoms. The SMILES string of the molecule is Cc1ccc(CC(Br)c2cc(I)ccc2Br)cc1. The second-order valence-corrected chi connectivity index (χ2v) is 7.53. The molecule has 0 heterocycles. The zero-order valence-electron chi connectivity index (χ0n) is 9.96. The molecule has 0 saturated heterocycles. The first-order valence-electron chi connectivity index (χ1n) is 5.71. The van der Waals surface area contributed by atoms with Crippen molar-refractivity contribution in [2.45, 2.75) is 18.2 Å². The monoisotopic (exact) mass is 478 g/mol. The van der Waals surface area contributed by atoms with E-state index in [9.17, 15) is 0 Å². The molecular weight excluding hydrogens is 467 g/mol. The van der Waals surface area contributed by atoms with E-state index in [4.69, 9.17) is 0 Å². The Morgan fingerprint density at radius 3 is 2.44 bits per heavy atom. The number of halogens is 3. The second-order valence-electron chi connectivity index (χ2n) is 4.32. The molecule has 1 unspecified atom stereocenters. The van der Waals surface area contributed by atoms with E-state index >= 15 is 0 Å². The summed E-state index contributed by atoms with van der Waals surface area (Å²) in [5.74, 6) is 0. The number of benzene rings is 2. The number of alkyl halides is 1. The van der Waals surface area contributed by atoms with Gasteiger partial charge in [-0.1, -0.05) is 61.7 Å². The molecule has 18 heavy (non-hydrogen) atoms. The Bertz CT molecular complexity index is 535. The molecule has 1 atom stereocenters. The van der Waals surface area contributed by atoms with Crippen molar-refractivity contribution in [3.8, 4) is 0 Å². The maximum atomic E-state index is 3.79. The Hall–Kier alpha value is 0.130. The van der Waals surface area contributed by atoms with Crippen molar-refractivity contribution in [1.29, 1.82) is 0 Å². The molecule has 2 rings (SSSR count). The van der Waals surface area contributed by atoms with Crippen LogP contribution in [0.5, 0.6) is 0 Å². The molecule has 0 aliphatic heterocycles. The number of aryl methyl sites for hydroxylation is 1. The van der Waals surface area contributed by atoms with Crippen LogP contribution in [0.4, 0.5) is 0 Å². The van der Waals surface area contributed by atoms with E-state index in [1.807, 2.05) is 0 Å². The van der Waals surface area contributed by atoms with Gasteiger partial charge in [0.1, 0.15) is 0 Å². The van der Waals surface area contributed by atoms with Gasteiger partial charge in [0.15, 0.2) is 0 Å². The van der Waals surface area contributed by atoms with Crippen LogP contribution in [0, 0.1) is 10.5 Å². The van der Waals surface area contributed by atoms with Crippen molar-refractivity contribution in [3.05, 3.63) is 67.2 Å². The summed E-state index contributed by atoms with van der Waals surface area (Å²) >= 11 is 9.76. The van der Waals surface area contributed by atoms with Crippen molar-refractivity contribution in [2.24, 2.45) is 0 Å². The third kappa shape index (κ3) is 3.81. The van der Waals surface area contributed by atoms with Gasteiger partial charge in [0.25, 0.3) is 0 Å². The molecule has 0 nitrogen and oxygen atoms in total. The fraction of sp³-hybridized carbons (Fsp3) is 0.200. The van der Waals surface area contributed by atoms with Gasteiger partial charge < -0.3 is 0 Å². The summed E-state index contributed by atoms with van der Waals surface area (Å²) in [6.07, 6.45) is 0.999. The number of rotatable bonds is 3. The lowest BCUT2D eigenvalue weighted by Crippen LogP contribution is -1.97. The second kappa shape index (κ2) is 6.53. The van der Waals surface area contributed by atoms with Crippen molar-refractivity contribution in [3.63, 3.8) is 0 Å². The van der Waals surface area contributed by atoms with Gasteiger partial charge in [-0.15, -0.1) is 0 Å². The van der Waals surface area contributed by atoms with Crippen LogP contribution >= 0.6 is 54.5 Å². The van der Waals surface area contributed by atoms with Crippen molar-refractivity contribution in [1.82, 2.24) is 0 Å². The Morgan fingerprint density at radius 1 is 1.11 bits per heavy atom. The van der Waals surface area contributed by atoms with E-state index in [-0.39, 0.29) is 0 Å². The highest BCUT2D eigenvalue weighted by molar-refractivity contribution is 14.1. The van der Waals surface area contributed by atoms with Crippen LogP contribution in [0.25, 0.3) is 0 Å². The average molecular weight is 480 g/mol. The van der Waals surface area contributed by atoms with E-state index in [1.165, 1.54) is 20.3 Å². The highest BCUT2D eigenvalue weighted by Crippen LogP contribution is 2.33. The molecule has 0 N–H and O–H groups in total. The Kier molecular flexibility index (Phi) is 5.27. The van der Waals surface area contributed by atoms with E-state index in [0.29, 0.717) is 4.83 Å². The predicted octanol–water partition coefficient (Wildman–Crippen LogP) is 6.04. The van der Waals surface area contributed by atoms with Crippen molar-refractivity contribution in [2.75, 3.05) is 0 Å². The van der Waals surface area contributed by atoms with Gasteiger partial charge in [0, 0.05) is 12.9 Å². The van der Waals surface area contributed by atoms with Crippen LogP contribution in [0.15, 0.2) is 46.9 Å². The lowest BCUT2D eigenvalue weighted by Gasteiger charge is -2.13. The van der Waals surface area contributed by atoms with Crippen LogP contribution < -0.4 is 0 Å². The average Bonchev–Trinajstić information content (AvgIpc) is 2.35. The third-order valence-electron chi connectivity index (χ3n) is 2.83. The van der Waals surface area contributed by atoms with Gasteiger partial charge in [0.2, 0.25) is 0 Å². The van der Waals surface area contributed by atoms with Crippen LogP contribution in [0.1, 0.15) is 21.5 Å². The minimum Gasteiger partial charge on any atom is -0.0835 e. The fourth-order valence-corrected chi connectivity index (χ4v) is 3.89. The summed E-state index contributed by atoms with van der Waals surface area (Å²) < 4.78 is 2.43. The summed E-state index contributed by atoms with van der Waals surface area (Å²) in [5, 5.41) is 0. The molecule has 0 radical (unpaired) electrons. The summed E-state index contributed by atoms with van der Waals surface area (Å²) in [5.41, 5.74) is 3.97. The Labute approximate surface area is 139 Å². The Morgan fingerprint density at radius 2 is 1.78 bits per heavy atom. The largest absolute Gasteiger partial charge is 0.0835 e. The molecule has 0 amide bonds. The highest BCUT2D eigenvalue weighted by atomic mass is 127. The topological polar surface area (TPSA) is 0 Å². The van der Waals surface area contributed by atoms with Crippen molar-refractivity contribution >= 4 is 54.5 Å². The first-order chi connectivity index (χ1) is 8.56. The number of hydrogen-bond acceptors (Lipinski definition) is 0. The van der Waals surface area contributed by atoms with Gasteiger partial charge in [-0.05, 0) is 65.3 Å². The smallest absolute Gasteiger partial charge is 0.0447 e. The minimum atomic E-state index is 0.337. The summed E-state index contributed by atoms with van der Waals surface area (Å²) in [6.45, 7) is 2.12. The normalized spacial score (nSPS) is 12.4. The Balaban J connectivity index is 2.18. The molecule has 0 saturated carbocycles. The maximum absolute atomic E-state index is 3.79. The van der Waals surface area contributed by atoms with E-state index in [0.717, 1.165) is 10.9 Å². The molecule has 0 bridgehead atoms. The molecule has 0 aromatic heterocycles. The van der Waals surface area contributed by atoms with Crippen LogP contribution in [0.2, 0.25) is 0 Å². The van der Waals surface area contributed by atoms with Crippen LogP contribution in [-0.2, 0) is 6.42 Å². The lowest BCUT2D eigenvalue weighted by atomic mass is 10.0. The third-order valence-corrected chi connectivity index (χ3v) is 5.04. The zero-order chi connectivity index (χ0) is 13.1. The summed E-state index contributed by atoms with van der Waals surface area (Å²) in [6, 6.07) is 15.2. The highest BCUT2D eigenvalue weighted by Gasteiger charge is 2.12. The van der Waals surface area contributed by atoms with E-state index in [2.05, 4.69) is 104 Å². The molecule has 0 spiro atoms. The van der Waals surface area contributed by atoms with E-state index < -0.39 is 0 Å². The number of hydrogen-bond donors (Lipinski definition) is 0. The van der Waals surface area contributed by atoms with Gasteiger partial charge >= 0.3 is 0 Å². The van der Waals surface area contributed by atoms with Crippen LogP contribution in [-0.4, -0.2) is 0 Å². The zero-order valence-corrected chi connectivity index (χ0v) is 15.3. The van der Waals surface area contributed by atoms with Gasteiger partial charge in [-0.25, -0.2) is 0 Å². The molecule has 0 fully saturated rings. The molecular formula is C15H13Br2I. The van der Waals surface area contributed by atoms with Gasteiger partial charge in [0.05, 0.1) is 0 Å². The molecule has 0 aliphatic rings. The molecule has 2 aromatic rings. The van der Waals surface area contributed by atoms with Gasteiger partial charge in [-0.3, -0.25) is 0 Å². The standard InChI is InChI=1S/C15H13Br2I/c1-10-2-4-11(5-3-10)8-15(17)13-9-12(18)6-7-14(13)16/h2-7,9,15H,8H2,1H3. The van der Waals surface area contributed by atoms with Gasteiger partial charge in [-0.2, -0.15) is 0 Å². The summed E-state index contributed by atoms with van der Waals surface area (Å²) in [4.78, 5) is 0.337. The summed E-state index contributed by atoms with van der Waals surface area (Å²) in [7, 11) is 0. The predicted molar refractivity (Wildman–Crippen MR) is 93.4 cm³/mol. The lowest BCUT2D eigenvalue weighted by molar-refractivity contribution is 0.941. The molecule has 2 aromatic carbocycles. The first kappa shape index (κ1) is 14.5. The maximum Gasteiger partial charge on any atom is 0.0447 e. The van der Waals surface area contributed by atoms with Crippen molar-refractivity contribution < 1.29 is 0 Å². The molecule has 94 valence electrons. The van der Waals surface area contributed by atoms with E-state index in [1.54, 1.807) is 0 Å². The fourth-order valence-electron chi connectivity index (χ4n) is 1.80. The first-order valence-corrected chi connectivity index (χ1v) is 8.49. The molecule has 0 aliphatic carbocycles. The van der Waals surface area contributed by atoms with Crippen LogP contribution in [0.3, 0.4) is 0 Å². The minimum absolute atomic E-state index is 0.337. The quantitative estimate of drug-likeness (QED) is 0.372.